The van der Waals surface area contributed by atoms with E-state index in [1.54, 1.807) is 18.2 Å². The largest absolute Gasteiger partial charge is 0.242 e. The molecule has 2 aromatic rings. The molecule has 0 radical (unpaired) electrons. The molecule has 12 heavy (non-hydrogen) atoms. The number of hydrogen-bond acceptors (Lipinski definition) is 5. The Hall–Kier alpha value is -2.07. The zero-order valence-electron chi connectivity index (χ0n) is 5.88. The van der Waals surface area contributed by atoms with Gasteiger partial charge in [0.2, 0.25) is 6.08 Å². The fraction of sp³-hybridized carbons (Fsp3) is 0. The lowest BCUT2D eigenvalue weighted by atomic mass is 10.4. The van der Waals surface area contributed by atoms with Gasteiger partial charge in [0.25, 0.3) is 0 Å². The average Bonchev–Trinajstić information content (AvgIpc) is 2.53. The molecule has 0 aromatic carbocycles. The second kappa shape index (κ2) is 2.52. The van der Waals surface area contributed by atoms with Crippen LogP contribution in [0, 0.1) is 0 Å². The highest BCUT2D eigenvalue weighted by Gasteiger charge is 1.99. The molecule has 0 spiro atoms. The number of fused-ring (bicyclic) bond motifs is 1. The van der Waals surface area contributed by atoms with Gasteiger partial charge in [0.15, 0.2) is 11.5 Å². The van der Waals surface area contributed by atoms with E-state index in [9.17, 15) is 4.79 Å². The minimum atomic E-state index is 0.368. The van der Waals surface area contributed by atoms with Gasteiger partial charge in [-0.2, -0.15) is 4.52 Å². The summed E-state index contributed by atoms with van der Waals surface area (Å²) in [7, 11) is 0. The maximum atomic E-state index is 9.97. The molecule has 6 heteroatoms. The molecule has 0 N–H and O–H groups in total. The molecule has 0 aliphatic rings. The van der Waals surface area contributed by atoms with Crippen molar-refractivity contribution in [1.82, 2.24) is 20.0 Å². The van der Waals surface area contributed by atoms with Crippen molar-refractivity contribution in [2.45, 2.75) is 0 Å². The molecule has 0 aliphatic heterocycles. The first kappa shape index (κ1) is 6.63. The number of aliphatic imine (C=N–C) groups is 1. The summed E-state index contributed by atoms with van der Waals surface area (Å²) in [5.74, 6) is 0.368. The number of hydrogen-bond donors (Lipinski definition) is 0. The standard InChI is InChI=1S/C6H3N5O/c12-4-7-5-2-1-3-6-8-9-10-11(5)6/h1-3H. The number of tetrazole rings is 1. The number of nitrogens with zero attached hydrogens (tertiary/aromatic N) is 5. The van der Waals surface area contributed by atoms with Crippen molar-refractivity contribution in [3.63, 3.8) is 0 Å². The number of carbonyl (C=O) groups excluding carboxylic acids is 1. The van der Waals surface area contributed by atoms with Crippen molar-refractivity contribution >= 4 is 17.5 Å². The summed E-state index contributed by atoms with van der Waals surface area (Å²) in [6.45, 7) is 0. The Balaban J connectivity index is 2.81. The fourth-order valence-electron chi connectivity index (χ4n) is 0.883. The number of isocyanates is 1. The molecule has 0 bridgehead atoms. The van der Waals surface area contributed by atoms with Crippen LogP contribution in [0.4, 0.5) is 5.82 Å². The van der Waals surface area contributed by atoms with E-state index in [0.29, 0.717) is 11.5 Å². The molecule has 58 valence electrons. The Bertz CT molecular complexity index is 456. The van der Waals surface area contributed by atoms with Crippen molar-refractivity contribution in [3.05, 3.63) is 18.2 Å². The van der Waals surface area contributed by atoms with E-state index >= 15 is 0 Å². The van der Waals surface area contributed by atoms with E-state index in [1.165, 1.54) is 10.6 Å². The Morgan fingerprint density at radius 2 is 2.42 bits per heavy atom. The summed E-state index contributed by atoms with van der Waals surface area (Å²) in [6, 6.07) is 5.04. The fourth-order valence-corrected chi connectivity index (χ4v) is 0.883. The quantitative estimate of drug-likeness (QED) is 0.439. The van der Waals surface area contributed by atoms with Crippen molar-refractivity contribution in [2.24, 2.45) is 4.99 Å². The van der Waals surface area contributed by atoms with Gasteiger partial charge in [-0.3, -0.25) is 0 Å². The number of aromatic nitrogens is 4. The lowest BCUT2D eigenvalue weighted by Gasteiger charge is -1.91. The average molecular weight is 161 g/mol. The topological polar surface area (TPSA) is 72.5 Å². The van der Waals surface area contributed by atoms with Crippen molar-refractivity contribution in [2.75, 3.05) is 0 Å². The lowest BCUT2D eigenvalue weighted by molar-refractivity contribution is 0.565. The highest BCUT2D eigenvalue weighted by atomic mass is 16.1. The molecule has 2 heterocycles. The maximum absolute atomic E-state index is 9.97. The van der Waals surface area contributed by atoms with Crippen molar-refractivity contribution in [1.29, 1.82) is 0 Å². The van der Waals surface area contributed by atoms with E-state index in [2.05, 4.69) is 20.5 Å². The second-order valence-electron chi connectivity index (χ2n) is 2.04. The van der Waals surface area contributed by atoms with Crippen LogP contribution in [-0.2, 0) is 4.79 Å². The van der Waals surface area contributed by atoms with Crippen LogP contribution in [0.15, 0.2) is 23.2 Å². The predicted octanol–water partition coefficient (Wildman–Crippen LogP) is 0.0916. The van der Waals surface area contributed by atoms with Gasteiger partial charge in [0.1, 0.15) is 0 Å². The van der Waals surface area contributed by atoms with Gasteiger partial charge in [-0.05, 0) is 22.6 Å². The molecule has 2 rings (SSSR count). The van der Waals surface area contributed by atoms with E-state index < -0.39 is 0 Å². The van der Waals surface area contributed by atoms with E-state index in [1.807, 2.05) is 0 Å². The smallest absolute Gasteiger partial charge is 0.211 e. The van der Waals surface area contributed by atoms with Gasteiger partial charge in [0.05, 0.1) is 0 Å². The third-order valence-corrected chi connectivity index (χ3v) is 1.36. The molecule has 0 unspecified atom stereocenters. The van der Waals surface area contributed by atoms with Gasteiger partial charge >= 0.3 is 0 Å². The third-order valence-electron chi connectivity index (χ3n) is 1.36. The Morgan fingerprint density at radius 3 is 3.25 bits per heavy atom. The van der Waals surface area contributed by atoms with Gasteiger partial charge < -0.3 is 0 Å². The highest BCUT2D eigenvalue weighted by molar-refractivity contribution is 5.49. The monoisotopic (exact) mass is 161 g/mol. The Labute approximate surface area is 66.5 Å². The van der Waals surface area contributed by atoms with Crippen LogP contribution < -0.4 is 0 Å². The normalized spacial score (nSPS) is 9.67. The van der Waals surface area contributed by atoms with Crippen LogP contribution in [0.2, 0.25) is 0 Å². The summed E-state index contributed by atoms with van der Waals surface area (Å²) in [6.07, 6.45) is 1.42. The van der Waals surface area contributed by atoms with Crippen LogP contribution in [0.1, 0.15) is 0 Å². The first-order valence-corrected chi connectivity index (χ1v) is 3.17. The molecule has 0 fully saturated rings. The zero-order valence-corrected chi connectivity index (χ0v) is 5.88. The first-order valence-electron chi connectivity index (χ1n) is 3.17. The summed E-state index contributed by atoms with van der Waals surface area (Å²) in [5, 5.41) is 10.7. The van der Waals surface area contributed by atoms with Gasteiger partial charge in [-0.25, -0.2) is 4.79 Å². The SMILES string of the molecule is O=C=Nc1cccc2nnnn12. The summed E-state index contributed by atoms with van der Waals surface area (Å²) in [4.78, 5) is 13.4. The van der Waals surface area contributed by atoms with E-state index in [-0.39, 0.29) is 0 Å². The Morgan fingerprint density at radius 1 is 1.50 bits per heavy atom. The van der Waals surface area contributed by atoms with E-state index in [4.69, 9.17) is 0 Å². The number of rotatable bonds is 1. The van der Waals surface area contributed by atoms with Crippen molar-refractivity contribution < 1.29 is 4.79 Å². The predicted molar refractivity (Wildman–Crippen MR) is 38.6 cm³/mol. The second-order valence-corrected chi connectivity index (χ2v) is 2.04. The summed E-state index contributed by atoms with van der Waals surface area (Å²) >= 11 is 0. The lowest BCUT2D eigenvalue weighted by Crippen LogP contribution is -1.87. The van der Waals surface area contributed by atoms with Gasteiger partial charge in [-0.1, -0.05) is 6.07 Å². The van der Waals surface area contributed by atoms with Crippen LogP contribution in [0.3, 0.4) is 0 Å². The highest BCUT2D eigenvalue weighted by Crippen LogP contribution is 2.10. The van der Waals surface area contributed by atoms with Crippen molar-refractivity contribution in [3.8, 4) is 0 Å². The molecule has 6 nitrogen and oxygen atoms in total. The van der Waals surface area contributed by atoms with Crippen LogP contribution in [0.25, 0.3) is 5.65 Å². The zero-order chi connectivity index (χ0) is 8.39. The number of pyridine rings is 1. The molecular weight excluding hydrogens is 158 g/mol. The van der Waals surface area contributed by atoms with Gasteiger partial charge in [0, 0.05) is 0 Å². The third kappa shape index (κ3) is 0.869. The first-order chi connectivity index (χ1) is 5.92. The molecule has 0 aliphatic carbocycles. The van der Waals surface area contributed by atoms with Crippen LogP contribution in [0.5, 0.6) is 0 Å². The maximum Gasteiger partial charge on any atom is 0.242 e. The molecule has 2 aromatic heterocycles. The summed E-state index contributed by atoms with van der Waals surface area (Å²) < 4.78 is 1.35. The molecule has 0 saturated heterocycles. The van der Waals surface area contributed by atoms with Crippen LogP contribution in [-0.4, -0.2) is 26.1 Å². The minimum absolute atomic E-state index is 0.368. The molecule has 0 saturated carbocycles. The van der Waals surface area contributed by atoms with E-state index in [0.717, 1.165) is 0 Å². The summed E-state index contributed by atoms with van der Waals surface area (Å²) in [5.41, 5.74) is 0.548. The molecular formula is C6H3N5O. The Kier molecular flexibility index (Phi) is 1.39. The minimum Gasteiger partial charge on any atom is -0.211 e. The molecule has 0 atom stereocenters. The van der Waals surface area contributed by atoms with Crippen LogP contribution >= 0.6 is 0 Å². The van der Waals surface area contributed by atoms with Gasteiger partial charge in [-0.15, -0.1) is 10.1 Å². The molecule has 0 amide bonds.